The molecule has 2 aromatic heterocycles. The molecule has 4 aromatic rings. The molecule has 0 atom stereocenters. The third-order valence-electron chi connectivity index (χ3n) is 5.91. The number of carbonyl (C=O) groups excluding carboxylic acids is 2. The number of carbonyl (C=O) groups is 2. The summed E-state index contributed by atoms with van der Waals surface area (Å²) >= 11 is 1.48. The van der Waals surface area contributed by atoms with E-state index in [-0.39, 0.29) is 18.0 Å². The lowest BCUT2D eigenvalue weighted by molar-refractivity contribution is 0.0714. The zero-order valence-electron chi connectivity index (χ0n) is 18.3. The van der Waals surface area contributed by atoms with Gasteiger partial charge in [-0.05, 0) is 50.1 Å². The summed E-state index contributed by atoms with van der Waals surface area (Å²) in [5.41, 5.74) is 2.66. The predicted octanol–water partition coefficient (Wildman–Crippen LogP) is 4.82. The average molecular weight is 460 g/mol. The highest BCUT2D eigenvalue weighted by molar-refractivity contribution is 7.20. The summed E-state index contributed by atoms with van der Waals surface area (Å²) in [6.07, 6.45) is 1.46. The number of para-hydroxylation sites is 2. The molecule has 3 amide bonds. The van der Waals surface area contributed by atoms with Crippen LogP contribution in [-0.4, -0.2) is 45.8 Å². The minimum Gasteiger partial charge on any atom is -0.338 e. The van der Waals surface area contributed by atoms with E-state index >= 15 is 0 Å². The first-order valence-corrected chi connectivity index (χ1v) is 11.9. The highest BCUT2D eigenvalue weighted by atomic mass is 32.1. The summed E-state index contributed by atoms with van der Waals surface area (Å²) in [4.78, 5) is 29.1. The van der Waals surface area contributed by atoms with Crippen molar-refractivity contribution in [3.8, 4) is 5.69 Å². The van der Waals surface area contributed by atoms with E-state index in [1.54, 1.807) is 0 Å². The Morgan fingerprint density at radius 3 is 2.36 bits per heavy atom. The fourth-order valence-electron chi connectivity index (χ4n) is 4.15. The Kier molecular flexibility index (Phi) is 5.83. The number of hydrogen-bond acceptors (Lipinski definition) is 4. The van der Waals surface area contributed by atoms with Crippen molar-refractivity contribution in [3.63, 3.8) is 0 Å². The van der Waals surface area contributed by atoms with Crippen molar-refractivity contribution < 1.29 is 9.59 Å². The van der Waals surface area contributed by atoms with Crippen LogP contribution in [0.4, 0.5) is 10.5 Å². The van der Waals surface area contributed by atoms with Crippen molar-refractivity contribution in [2.45, 2.75) is 25.8 Å². The molecule has 7 nitrogen and oxygen atoms in total. The molecule has 168 valence electrons. The number of benzene rings is 2. The summed E-state index contributed by atoms with van der Waals surface area (Å²) < 4.78 is 1.91. The molecule has 0 saturated carbocycles. The lowest BCUT2D eigenvalue weighted by Crippen LogP contribution is -2.47. The maximum Gasteiger partial charge on any atom is 0.319 e. The van der Waals surface area contributed by atoms with Crippen LogP contribution in [0.15, 0.2) is 66.7 Å². The zero-order valence-corrected chi connectivity index (χ0v) is 19.1. The van der Waals surface area contributed by atoms with Crippen LogP contribution >= 0.6 is 11.3 Å². The third kappa shape index (κ3) is 4.47. The summed E-state index contributed by atoms with van der Waals surface area (Å²) in [6, 6.07) is 21.1. The average Bonchev–Trinajstić information content (AvgIpc) is 3.41. The van der Waals surface area contributed by atoms with E-state index in [0.717, 1.165) is 45.0 Å². The summed E-state index contributed by atoms with van der Waals surface area (Å²) in [5, 5.41) is 11.5. The van der Waals surface area contributed by atoms with Gasteiger partial charge in [-0.2, -0.15) is 5.10 Å². The molecule has 33 heavy (non-hydrogen) atoms. The third-order valence-corrected chi connectivity index (χ3v) is 7.00. The predicted molar refractivity (Wildman–Crippen MR) is 131 cm³/mol. The molecular formula is C25H25N5O2S. The molecule has 1 aliphatic heterocycles. The minimum atomic E-state index is -0.212. The first-order chi connectivity index (χ1) is 16.1. The number of nitrogens with zero attached hydrogens (tertiary/aromatic N) is 3. The van der Waals surface area contributed by atoms with Gasteiger partial charge in [-0.1, -0.05) is 36.4 Å². The number of thiophene rings is 1. The van der Waals surface area contributed by atoms with Crippen LogP contribution in [0.25, 0.3) is 15.9 Å². The minimum absolute atomic E-state index is 0.0439. The topological polar surface area (TPSA) is 79.3 Å². The van der Waals surface area contributed by atoms with Crippen molar-refractivity contribution in [1.29, 1.82) is 0 Å². The number of likely N-dealkylation sites (tertiary alicyclic amines) is 1. The normalized spacial score (nSPS) is 14.4. The molecular weight excluding hydrogens is 434 g/mol. The van der Waals surface area contributed by atoms with E-state index < -0.39 is 0 Å². The van der Waals surface area contributed by atoms with Gasteiger partial charge in [0, 0.05) is 30.2 Å². The Morgan fingerprint density at radius 2 is 1.67 bits per heavy atom. The zero-order chi connectivity index (χ0) is 22.8. The lowest BCUT2D eigenvalue weighted by atomic mass is 10.0. The van der Waals surface area contributed by atoms with Crippen LogP contribution in [0.3, 0.4) is 0 Å². The van der Waals surface area contributed by atoms with Crippen molar-refractivity contribution >= 4 is 39.2 Å². The summed E-state index contributed by atoms with van der Waals surface area (Å²) in [7, 11) is 0. The molecule has 2 N–H and O–H groups in total. The Bertz CT molecular complexity index is 1270. The molecule has 0 spiro atoms. The van der Waals surface area contributed by atoms with E-state index in [2.05, 4.69) is 15.7 Å². The number of piperidine rings is 1. The van der Waals surface area contributed by atoms with Gasteiger partial charge in [0.2, 0.25) is 0 Å². The number of hydrogen-bond donors (Lipinski definition) is 2. The molecule has 3 heterocycles. The number of amides is 3. The van der Waals surface area contributed by atoms with Gasteiger partial charge in [-0.15, -0.1) is 11.3 Å². The standard InChI is InChI=1S/C25H25N5O2S/c1-17-21-16-22(33-24(21)30(28-17)20-10-6-3-7-11-20)23(31)29-14-12-19(13-15-29)27-25(32)26-18-8-4-2-5-9-18/h2-11,16,19H,12-15H2,1H3,(H2,26,27,32). The van der Waals surface area contributed by atoms with E-state index in [4.69, 9.17) is 0 Å². The molecule has 5 rings (SSSR count). The number of rotatable bonds is 4. The number of urea groups is 1. The van der Waals surface area contributed by atoms with Gasteiger partial charge in [0.25, 0.3) is 5.91 Å². The lowest BCUT2D eigenvalue weighted by Gasteiger charge is -2.32. The Balaban J connectivity index is 1.22. The molecule has 8 heteroatoms. The highest BCUT2D eigenvalue weighted by Gasteiger charge is 2.26. The molecule has 0 bridgehead atoms. The van der Waals surface area contributed by atoms with E-state index in [1.165, 1.54) is 11.3 Å². The first kappa shape index (κ1) is 21.2. The fourth-order valence-corrected chi connectivity index (χ4v) is 5.30. The Morgan fingerprint density at radius 1 is 1.00 bits per heavy atom. The summed E-state index contributed by atoms with van der Waals surface area (Å²) in [5.74, 6) is 0.0439. The van der Waals surface area contributed by atoms with Crippen molar-refractivity contribution in [3.05, 3.63) is 77.3 Å². The van der Waals surface area contributed by atoms with Crippen LogP contribution in [0.2, 0.25) is 0 Å². The van der Waals surface area contributed by atoms with Crippen molar-refractivity contribution in [2.75, 3.05) is 18.4 Å². The number of aryl methyl sites for hydroxylation is 1. The van der Waals surface area contributed by atoms with Gasteiger partial charge in [0.05, 0.1) is 16.3 Å². The molecule has 0 aliphatic carbocycles. The summed E-state index contributed by atoms with van der Waals surface area (Å²) in [6.45, 7) is 3.21. The van der Waals surface area contributed by atoms with Gasteiger partial charge in [-0.25, -0.2) is 9.48 Å². The monoisotopic (exact) mass is 459 g/mol. The molecule has 2 aromatic carbocycles. The van der Waals surface area contributed by atoms with Gasteiger partial charge in [0.1, 0.15) is 4.83 Å². The van der Waals surface area contributed by atoms with Crippen LogP contribution < -0.4 is 10.6 Å². The molecule has 1 aliphatic rings. The Labute approximate surface area is 196 Å². The molecule has 0 unspecified atom stereocenters. The van der Waals surface area contributed by atoms with Gasteiger partial charge < -0.3 is 15.5 Å². The van der Waals surface area contributed by atoms with Gasteiger partial charge >= 0.3 is 6.03 Å². The number of nitrogens with one attached hydrogen (secondary N) is 2. The van der Waals surface area contributed by atoms with E-state index in [9.17, 15) is 9.59 Å². The van der Waals surface area contributed by atoms with E-state index in [1.807, 2.05) is 83.2 Å². The number of aromatic nitrogens is 2. The molecule has 1 saturated heterocycles. The van der Waals surface area contributed by atoms with Crippen LogP contribution in [0, 0.1) is 6.92 Å². The number of fused-ring (bicyclic) bond motifs is 1. The highest BCUT2D eigenvalue weighted by Crippen LogP contribution is 2.31. The Hall–Kier alpha value is -3.65. The quantitative estimate of drug-likeness (QED) is 0.459. The fraction of sp³-hybridized carbons (Fsp3) is 0.240. The SMILES string of the molecule is Cc1nn(-c2ccccc2)c2sc(C(=O)N3CCC(NC(=O)Nc4ccccc4)CC3)cc12. The second-order valence-electron chi connectivity index (χ2n) is 8.19. The van der Waals surface area contributed by atoms with Crippen molar-refractivity contribution in [2.24, 2.45) is 0 Å². The van der Waals surface area contributed by atoms with Gasteiger partial charge in [0.15, 0.2) is 0 Å². The second-order valence-corrected chi connectivity index (χ2v) is 9.22. The van der Waals surface area contributed by atoms with Crippen LogP contribution in [-0.2, 0) is 0 Å². The molecule has 0 radical (unpaired) electrons. The smallest absolute Gasteiger partial charge is 0.319 e. The first-order valence-electron chi connectivity index (χ1n) is 11.0. The van der Waals surface area contributed by atoms with E-state index in [0.29, 0.717) is 13.1 Å². The number of anilines is 1. The van der Waals surface area contributed by atoms with Crippen molar-refractivity contribution in [1.82, 2.24) is 20.0 Å². The second kappa shape index (κ2) is 9.07. The van der Waals surface area contributed by atoms with Crippen LogP contribution in [0.1, 0.15) is 28.2 Å². The van der Waals surface area contributed by atoms with Gasteiger partial charge in [-0.3, -0.25) is 4.79 Å². The molecule has 1 fully saturated rings. The van der Waals surface area contributed by atoms with Crippen LogP contribution in [0.5, 0.6) is 0 Å². The maximum absolute atomic E-state index is 13.2. The largest absolute Gasteiger partial charge is 0.338 e. The maximum atomic E-state index is 13.2.